The van der Waals surface area contributed by atoms with Crippen LogP contribution in [-0.4, -0.2) is 17.2 Å². The summed E-state index contributed by atoms with van der Waals surface area (Å²) in [6.07, 6.45) is 0. The van der Waals surface area contributed by atoms with Crippen molar-refractivity contribution in [1.82, 2.24) is 15.5 Å². The molecule has 1 heterocycles. The minimum Gasteiger partial charge on any atom is -0.419 e. The second-order valence-corrected chi connectivity index (χ2v) is 3.58. The van der Waals surface area contributed by atoms with E-state index in [1.54, 1.807) is 7.05 Å². The second-order valence-electron chi connectivity index (χ2n) is 3.58. The molecular weight excluding hydrogens is 228 g/mol. The van der Waals surface area contributed by atoms with Crippen molar-refractivity contribution in [3.8, 4) is 11.5 Å². The molecule has 0 saturated heterocycles. The van der Waals surface area contributed by atoms with Crippen molar-refractivity contribution in [2.45, 2.75) is 13.0 Å². The van der Waals surface area contributed by atoms with Gasteiger partial charge in [-0.25, -0.2) is 8.78 Å². The summed E-state index contributed by atoms with van der Waals surface area (Å²) in [6, 6.07) is 3.34. The first kappa shape index (κ1) is 11.7. The number of rotatable bonds is 3. The number of halogens is 2. The number of hydrogen-bond donors (Lipinski definition) is 1. The van der Waals surface area contributed by atoms with Gasteiger partial charge in [0.25, 0.3) is 0 Å². The lowest BCUT2D eigenvalue weighted by atomic mass is 10.2. The van der Waals surface area contributed by atoms with Gasteiger partial charge in [-0.2, -0.15) is 0 Å². The molecule has 1 atom stereocenters. The molecule has 0 aliphatic heterocycles. The highest BCUT2D eigenvalue weighted by molar-refractivity contribution is 5.52. The van der Waals surface area contributed by atoms with Crippen LogP contribution in [0, 0.1) is 11.6 Å². The normalized spacial score (nSPS) is 12.7. The highest BCUT2D eigenvalue weighted by Crippen LogP contribution is 2.22. The van der Waals surface area contributed by atoms with Crippen LogP contribution in [0.5, 0.6) is 0 Å². The Morgan fingerprint density at radius 2 is 2.00 bits per heavy atom. The largest absolute Gasteiger partial charge is 0.419 e. The maximum absolute atomic E-state index is 13.0. The maximum atomic E-state index is 13.0. The molecule has 90 valence electrons. The lowest BCUT2D eigenvalue weighted by Gasteiger charge is -2.02. The average molecular weight is 239 g/mol. The predicted octanol–water partition coefficient (Wildman–Crippen LogP) is 2.30. The standard InChI is InChI=1S/C11H11F2N3O/c1-6(14-2)10-15-16-11(17-10)7-3-4-8(12)9(13)5-7/h3-6,14H,1-2H3. The summed E-state index contributed by atoms with van der Waals surface area (Å²) >= 11 is 0. The van der Waals surface area contributed by atoms with Crippen molar-refractivity contribution in [2.75, 3.05) is 7.05 Å². The van der Waals surface area contributed by atoms with Gasteiger partial charge in [0.15, 0.2) is 11.6 Å². The van der Waals surface area contributed by atoms with Crippen LogP contribution < -0.4 is 5.32 Å². The molecule has 2 rings (SSSR count). The first-order valence-electron chi connectivity index (χ1n) is 5.08. The van der Waals surface area contributed by atoms with E-state index in [0.29, 0.717) is 11.5 Å². The van der Waals surface area contributed by atoms with Gasteiger partial charge in [-0.3, -0.25) is 0 Å². The Labute approximate surface area is 96.7 Å². The summed E-state index contributed by atoms with van der Waals surface area (Å²) in [5.41, 5.74) is 0.353. The molecule has 4 nitrogen and oxygen atoms in total. The molecule has 17 heavy (non-hydrogen) atoms. The second kappa shape index (κ2) is 4.58. The molecule has 0 aliphatic rings. The maximum Gasteiger partial charge on any atom is 0.247 e. The van der Waals surface area contributed by atoms with Crippen LogP contribution >= 0.6 is 0 Å². The molecule has 1 unspecified atom stereocenters. The zero-order valence-corrected chi connectivity index (χ0v) is 9.37. The topological polar surface area (TPSA) is 51.0 Å². The fraction of sp³-hybridized carbons (Fsp3) is 0.273. The van der Waals surface area contributed by atoms with Gasteiger partial charge in [0, 0.05) is 5.56 Å². The Bertz CT molecular complexity index is 527. The molecule has 0 amide bonds. The van der Waals surface area contributed by atoms with Gasteiger partial charge >= 0.3 is 0 Å². The average Bonchev–Trinajstić information content (AvgIpc) is 2.81. The fourth-order valence-corrected chi connectivity index (χ4v) is 1.28. The minimum absolute atomic E-state index is 0.0958. The van der Waals surface area contributed by atoms with E-state index in [9.17, 15) is 8.78 Å². The number of nitrogens with one attached hydrogen (secondary N) is 1. The number of nitrogens with zero attached hydrogens (tertiary/aromatic N) is 2. The summed E-state index contributed by atoms with van der Waals surface area (Å²) in [7, 11) is 1.76. The Hall–Kier alpha value is -1.82. The van der Waals surface area contributed by atoms with Crippen LogP contribution in [0.15, 0.2) is 22.6 Å². The molecule has 1 aromatic carbocycles. The molecule has 0 saturated carbocycles. The van der Waals surface area contributed by atoms with Crippen LogP contribution in [0.2, 0.25) is 0 Å². The molecule has 1 N–H and O–H groups in total. The van der Waals surface area contributed by atoms with Crippen LogP contribution in [0.1, 0.15) is 18.9 Å². The quantitative estimate of drug-likeness (QED) is 0.892. The van der Waals surface area contributed by atoms with Gasteiger partial charge in [-0.05, 0) is 32.2 Å². The smallest absolute Gasteiger partial charge is 0.247 e. The van der Waals surface area contributed by atoms with Crippen molar-refractivity contribution < 1.29 is 13.2 Å². The van der Waals surface area contributed by atoms with E-state index in [-0.39, 0.29) is 11.9 Å². The zero-order valence-electron chi connectivity index (χ0n) is 9.37. The third kappa shape index (κ3) is 2.31. The van der Waals surface area contributed by atoms with Gasteiger partial charge in [0.2, 0.25) is 11.8 Å². The summed E-state index contributed by atoms with van der Waals surface area (Å²) in [4.78, 5) is 0. The van der Waals surface area contributed by atoms with Crippen molar-refractivity contribution in [3.05, 3.63) is 35.7 Å². The molecule has 2 aromatic rings. The minimum atomic E-state index is -0.941. The first-order valence-corrected chi connectivity index (χ1v) is 5.08. The molecular formula is C11H11F2N3O. The number of hydrogen-bond acceptors (Lipinski definition) is 4. The molecule has 0 aliphatic carbocycles. The van der Waals surface area contributed by atoms with E-state index < -0.39 is 11.6 Å². The van der Waals surface area contributed by atoms with Crippen LogP contribution in [0.4, 0.5) is 8.78 Å². The fourth-order valence-electron chi connectivity index (χ4n) is 1.28. The van der Waals surface area contributed by atoms with E-state index in [1.165, 1.54) is 6.07 Å². The predicted molar refractivity (Wildman–Crippen MR) is 57.1 cm³/mol. The van der Waals surface area contributed by atoms with Gasteiger partial charge < -0.3 is 9.73 Å². The summed E-state index contributed by atoms with van der Waals surface area (Å²) in [5, 5.41) is 10.5. The van der Waals surface area contributed by atoms with Gasteiger partial charge in [-0.15, -0.1) is 10.2 Å². The third-order valence-corrected chi connectivity index (χ3v) is 2.41. The lowest BCUT2D eigenvalue weighted by molar-refractivity contribution is 0.440. The summed E-state index contributed by atoms with van der Waals surface area (Å²) in [6.45, 7) is 1.85. The Kier molecular flexibility index (Phi) is 3.14. The Morgan fingerprint density at radius 3 is 2.65 bits per heavy atom. The van der Waals surface area contributed by atoms with Gasteiger partial charge in [0.1, 0.15) is 0 Å². The Balaban J connectivity index is 2.33. The molecule has 0 spiro atoms. The number of benzene rings is 1. The van der Waals surface area contributed by atoms with Crippen molar-refractivity contribution >= 4 is 0 Å². The zero-order chi connectivity index (χ0) is 12.4. The van der Waals surface area contributed by atoms with E-state index in [0.717, 1.165) is 12.1 Å². The van der Waals surface area contributed by atoms with E-state index in [2.05, 4.69) is 15.5 Å². The number of aromatic nitrogens is 2. The highest BCUT2D eigenvalue weighted by Gasteiger charge is 2.14. The third-order valence-electron chi connectivity index (χ3n) is 2.41. The summed E-state index contributed by atoms with van der Waals surface area (Å²) < 4.78 is 31.1. The van der Waals surface area contributed by atoms with Crippen molar-refractivity contribution in [2.24, 2.45) is 0 Å². The monoisotopic (exact) mass is 239 g/mol. The first-order chi connectivity index (χ1) is 8.11. The molecule has 0 radical (unpaired) electrons. The van der Waals surface area contributed by atoms with Crippen LogP contribution in [0.3, 0.4) is 0 Å². The lowest BCUT2D eigenvalue weighted by Crippen LogP contribution is -2.12. The van der Waals surface area contributed by atoms with E-state index >= 15 is 0 Å². The van der Waals surface area contributed by atoms with Gasteiger partial charge in [0.05, 0.1) is 6.04 Å². The van der Waals surface area contributed by atoms with Crippen molar-refractivity contribution in [1.29, 1.82) is 0 Å². The highest BCUT2D eigenvalue weighted by atomic mass is 19.2. The molecule has 0 fully saturated rings. The van der Waals surface area contributed by atoms with Gasteiger partial charge in [-0.1, -0.05) is 0 Å². The van der Waals surface area contributed by atoms with E-state index in [4.69, 9.17) is 4.42 Å². The van der Waals surface area contributed by atoms with Crippen molar-refractivity contribution in [3.63, 3.8) is 0 Å². The molecule has 0 bridgehead atoms. The SMILES string of the molecule is CNC(C)c1nnc(-c2ccc(F)c(F)c2)o1. The van der Waals surface area contributed by atoms with E-state index in [1.807, 2.05) is 6.92 Å². The molecule has 1 aromatic heterocycles. The van der Waals surface area contributed by atoms with Crippen LogP contribution in [0.25, 0.3) is 11.5 Å². The van der Waals surface area contributed by atoms with Crippen LogP contribution in [-0.2, 0) is 0 Å². The molecule has 6 heteroatoms. The summed E-state index contributed by atoms with van der Waals surface area (Å²) in [5.74, 6) is -1.28. The Morgan fingerprint density at radius 1 is 1.24 bits per heavy atom.